The zero-order valence-electron chi connectivity index (χ0n) is 18.4. The highest BCUT2D eigenvalue weighted by molar-refractivity contribution is 6.40. The SMILES string of the molecule is COC(=O)[C@H](Cc1ccc(NC(=O)c2c(Cl)cccc2Cl)cc1)NC(=O)c1ccccc1OC. The standard InChI is InChI=1S/C25H22Cl2N2O5/c1-33-21-9-4-3-6-17(21)23(30)29-20(25(32)34-2)14-15-10-12-16(13-11-15)28-24(31)22-18(26)7-5-8-19(22)27/h3-13,20H,14H2,1-2H3,(H,28,31)(H,29,30)/t20-/m0/s1. The number of rotatable bonds is 8. The van der Waals surface area contributed by atoms with E-state index in [-0.39, 0.29) is 22.0 Å². The summed E-state index contributed by atoms with van der Waals surface area (Å²) < 4.78 is 10.1. The monoisotopic (exact) mass is 500 g/mol. The third kappa shape index (κ3) is 6.07. The van der Waals surface area contributed by atoms with Crippen LogP contribution in [0.25, 0.3) is 0 Å². The number of esters is 1. The van der Waals surface area contributed by atoms with E-state index in [1.807, 2.05) is 0 Å². The molecule has 0 radical (unpaired) electrons. The minimum Gasteiger partial charge on any atom is -0.496 e. The maximum atomic E-state index is 12.7. The summed E-state index contributed by atoms with van der Waals surface area (Å²) >= 11 is 12.2. The molecule has 0 saturated carbocycles. The van der Waals surface area contributed by atoms with Crippen molar-refractivity contribution in [2.24, 2.45) is 0 Å². The fourth-order valence-electron chi connectivity index (χ4n) is 3.27. The van der Waals surface area contributed by atoms with Gasteiger partial charge >= 0.3 is 5.97 Å². The average Bonchev–Trinajstić information content (AvgIpc) is 2.84. The van der Waals surface area contributed by atoms with Crippen LogP contribution in [-0.2, 0) is 16.0 Å². The third-order valence-corrected chi connectivity index (χ3v) is 5.61. The van der Waals surface area contributed by atoms with Crippen molar-refractivity contribution in [2.45, 2.75) is 12.5 Å². The molecular weight excluding hydrogens is 479 g/mol. The van der Waals surface area contributed by atoms with Crippen LogP contribution in [0.15, 0.2) is 66.7 Å². The molecule has 0 aromatic heterocycles. The summed E-state index contributed by atoms with van der Waals surface area (Å²) in [7, 11) is 2.72. The molecule has 3 aromatic carbocycles. The molecule has 0 aliphatic rings. The van der Waals surface area contributed by atoms with Crippen LogP contribution >= 0.6 is 23.2 Å². The van der Waals surface area contributed by atoms with E-state index in [0.717, 1.165) is 5.56 Å². The second kappa shape index (κ2) is 11.5. The Balaban J connectivity index is 1.71. The van der Waals surface area contributed by atoms with Crippen molar-refractivity contribution in [1.29, 1.82) is 0 Å². The number of halogens is 2. The van der Waals surface area contributed by atoms with Gasteiger partial charge in [-0.2, -0.15) is 0 Å². The van der Waals surface area contributed by atoms with Gasteiger partial charge in [-0.15, -0.1) is 0 Å². The number of benzene rings is 3. The number of ether oxygens (including phenoxy) is 2. The van der Waals surface area contributed by atoms with Crippen molar-refractivity contribution < 1.29 is 23.9 Å². The lowest BCUT2D eigenvalue weighted by molar-refractivity contribution is -0.142. The summed E-state index contributed by atoms with van der Waals surface area (Å²) in [5.41, 5.74) is 1.73. The van der Waals surface area contributed by atoms with E-state index in [1.165, 1.54) is 14.2 Å². The molecule has 2 amide bonds. The van der Waals surface area contributed by atoms with Gasteiger partial charge in [-0.25, -0.2) is 4.79 Å². The van der Waals surface area contributed by atoms with Crippen LogP contribution in [0.3, 0.4) is 0 Å². The van der Waals surface area contributed by atoms with Gasteiger partial charge in [-0.1, -0.05) is 53.5 Å². The molecule has 0 bridgehead atoms. The molecule has 0 spiro atoms. The lowest BCUT2D eigenvalue weighted by atomic mass is 10.0. The Morgan fingerprint density at radius 2 is 1.50 bits per heavy atom. The molecular formula is C25H22Cl2N2O5. The molecule has 0 heterocycles. The van der Waals surface area contributed by atoms with Crippen molar-refractivity contribution in [1.82, 2.24) is 5.32 Å². The van der Waals surface area contributed by atoms with Gasteiger partial charge in [0.2, 0.25) is 0 Å². The van der Waals surface area contributed by atoms with Gasteiger partial charge in [0.15, 0.2) is 0 Å². The lowest BCUT2D eigenvalue weighted by Crippen LogP contribution is -2.43. The Morgan fingerprint density at radius 3 is 2.12 bits per heavy atom. The van der Waals surface area contributed by atoms with Crippen LogP contribution < -0.4 is 15.4 Å². The van der Waals surface area contributed by atoms with Crippen molar-refractivity contribution in [3.63, 3.8) is 0 Å². The molecule has 3 aromatic rings. The second-order valence-electron chi connectivity index (χ2n) is 7.20. The molecule has 0 aliphatic carbocycles. The highest BCUT2D eigenvalue weighted by Gasteiger charge is 2.24. The van der Waals surface area contributed by atoms with E-state index in [4.69, 9.17) is 32.7 Å². The fraction of sp³-hybridized carbons (Fsp3) is 0.160. The Kier molecular flexibility index (Phi) is 8.51. The minimum atomic E-state index is -0.926. The van der Waals surface area contributed by atoms with Crippen molar-refractivity contribution in [2.75, 3.05) is 19.5 Å². The fourth-order valence-corrected chi connectivity index (χ4v) is 3.84. The van der Waals surface area contributed by atoms with Gasteiger partial charge in [-0.3, -0.25) is 9.59 Å². The largest absolute Gasteiger partial charge is 0.496 e. The predicted molar refractivity (Wildman–Crippen MR) is 131 cm³/mol. The van der Waals surface area contributed by atoms with E-state index < -0.39 is 23.8 Å². The molecule has 176 valence electrons. The Hall–Kier alpha value is -3.55. The van der Waals surface area contributed by atoms with Gasteiger partial charge in [0.1, 0.15) is 11.8 Å². The predicted octanol–water partition coefficient (Wildman–Crippen LogP) is 4.77. The Labute approximate surface area is 207 Å². The number of carbonyl (C=O) groups excluding carboxylic acids is 3. The highest BCUT2D eigenvalue weighted by Crippen LogP contribution is 2.25. The quantitative estimate of drug-likeness (QED) is 0.434. The van der Waals surface area contributed by atoms with Gasteiger partial charge in [0.25, 0.3) is 11.8 Å². The smallest absolute Gasteiger partial charge is 0.328 e. The normalized spacial score (nSPS) is 11.3. The van der Waals surface area contributed by atoms with E-state index in [1.54, 1.807) is 66.7 Å². The maximum absolute atomic E-state index is 12.7. The summed E-state index contributed by atoms with van der Waals surface area (Å²) in [4.78, 5) is 37.6. The first-order valence-corrected chi connectivity index (χ1v) is 11.0. The number of nitrogens with one attached hydrogen (secondary N) is 2. The third-order valence-electron chi connectivity index (χ3n) is 4.98. The number of hydrogen-bond acceptors (Lipinski definition) is 5. The van der Waals surface area contributed by atoms with Crippen LogP contribution in [-0.4, -0.2) is 38.0 Å². The molecule has 3 rings (SSSR count). The molecule has 2 N–H and O–H groups in total. The molecule has 7 nitrogen and oxygen atoms in total. The molecule has 34 heavy (non-hydrogen) atoms. The molecule has 0 unspecified atom stereocenters. The van der Waals surface area contributed by atoms with Crippen LogP contribution in [0.5, 0.6) is 5.75 Å². The summed E-state index contributed by atoms with van der Waals surface area (Å²) in [5.74, 6) is -1.11. The van der Waals surface area contributed by atoms with Crippen molar-refractivity contribution >= 4 is 46.7 Å². The number of methoxy groups -OCH3 is 2. The van der Waals surface area contributed by atoms with Gasteiger partial charge in [0, 0.05) is 12.1 Å². The summed E-state index contributed by atoms with van der Waals surface area (Å²) in [6.45, 7) is 0. The number of amides is 2. The van der Waals surface area contributed by atoms with Crippen LogP contribution in [0.1, 0.15) is 26.3 Å². The van der Waals surface area contributed by atoms with Crippen LogP contribution in [0.4, 0.5) is 5.69 Å². The molecule has 9 heteroatoms. The molecule has 0 fully saturated rings. The molecule has 0 saturated heterocycles. The van der Waals surface area contributed by atoms with E-state index in [0.29, 0.717) is 17.0 Å². The van der Waals surface area contributed by atoms with E-state index in [9.17, 15) is 14.4 Å². The zero-order valence-corrected chi connectivity index (χ0v) is 19.9. The number of hydrogen-bond donors (Lipinski definition) is 2. The van der Waals surface area contributed by atoms with Gasteiger partial charge in [-0.05, 0) is 42.0 Å². The Bertz CT molecular complexity index is 1180. The minimum absolute atomic E-state index is 0.179. The van der Waals surface area contributed by atoms with Crippen molar-refractivity contribution in [3.05, 3.63) is 93.5 Å². The van der Waals surface area contributed by atoms with E-state index in [2.05, 4.69) is 10.6 Å². The maximum Gasteiger partial charge on any atom is 0.328 e. The number of carbonyl (C=O) groups is 3. The lowest BCUT2D eigenvalue weighted by Gasteiger charge is -2.18. The summed E-state index contributed by atoms with van der Waals surface area (Å²) in [5, 5.41) is 5.92. The van der Waals surface area contributed by atoms with E-state index >= 15 is 0 Å². The van der Waals surface area contributed by atoms with Crippen LogP contribution in [0, 0.1) is 0 Å². The molecule has 1 atom stereocenters. The summed E-state index contributed by atoms with van der Waals surface area (Å²) in [6.07, 6.45) is 0.179. The average molecular weight is 501 g/mol. The zero-order chi connectivity index (χ0) is 24.7. The first-order valence-electron chi connectivity index (χ1n) is 10.2. The van der Waals surface area contributed by atoms with Crippen molar-refractivity contribution in [3.8, 4) is 5.75 Å². The highest BCUT2D eigenvalue weighted by atomic mass is 35.5. The number of anilines is 1. The van der Waals surface area contributed by atoms with Gasteiger partial charge in [0.05, 0.1) is 35.4 Å². The first kappa shape index (κ1) is 25.1. The summed E-state index contributed by atoms with van der Waals surface area (Å²) in [6, 6.07) is 17.4. The number of para-hydroxylation sites is 1. The van der Waals surface area contributed by atoms with Gasteiger partial charge < -0.3 is 20.1 Å². The molecule has 0 aliphatic heterocycles. The second-order valence-corrected chi connectivity index (χ2v) is 8.02. The first-order chi connectivity index (χ1) is 16.3. The van der Waals surface area contributed by atoms with Crippen LogP contribution in [0.2, 0.25) is 10.0 Å². The topological polar surface area (TPSA) is 93.7 Å². The Morgan fingerprint density at radius 1 is 0.853 bits per heavy atom.